The average Bonchev–Trinajstić information content (AvgIpc) is 2.92. The third kappa shape index (κ3) is 2.95. The molecule has 1 aromatic heterocycles. The van der Waals surface area contributed by atoms with Crippen LogP contribution in [-0.2, 0) is 4.79 Å². The van der Waals surface area contributed by atoms with Crippen LogP contribution in [0.5, 0.6) is 0 Å². The van der Waals surface area contributed by atoms with Gasteiger partial charge in [0.15, 0.2) is 0 Å². The van der Waals surface area contributed by atoms with Crippen molar-refractivity contribution >= 4 is 16.9 Å². The fourth-order valence-electron chi connectivity index (χ4n) is 2.88. The molecule has 0 bridgehead atoms. The van der Waals surface area contributed by atoms with Gasteiger partial charge in [-0.25, -0.2) is 0 Å². The zero-order valence-electron chi connectivity index (χ0n) is 12.6. The summed E-state index contributed by atoms with van der Waals surface area (Å²) in [5.41, 5.74) is 0.836. The monoisotopic (exact) mass is 286 g/mol. The second-order valence-corrected chi connectivity index (χ2v) is 5.99. The molecular formula is C17H22N2O2. The van der Waals surface area contributed by atoms with Crippen LogP contribution in [0.1, 0.15) is 31.9 Å². The number of piperidine rings is 1. The summed E-state index contributed by atoms with van der Waals surface area (Å²) in [6, 6.07) is 10.1. The quantitative estimate of drug-likeness (QED) is 0.912. The Kier molecular flexibility index (Phi) is 3.97. The smallest absolute Gasteiger partial charge is 0.230 e. The number of hydrogen-bond acceptors (Lipinski definition) is 3. The fraction of sp³-hybridized carbons (Fsp3) is 0.471. The van der Waals surface area contributed by atoms with Gasteiger partial charge in [0, 0.05) is 11.4 Å². The van der Waals surface area contributed by atoms with Gasteiger partial charge < -0.3 is 15.1 Å². The van der Waals surface area contributed by atoms with E-state index in [1.165, 1.54) is 0 Å². The van der Waals surface area contributed by atoms with E-state index in [9.17, 15) is 4.79 Å². The van der Waals surface area contributed by atoms with Gasteiger partial charge in [-0.15, -0.1) is 0 Å². The van der Waals surface area contributed by atoms with Crippen LogP contribution in [-0.4, -0.2) is 25.0 Å². The number of rotatable bonds is 3. The largest absolute Gasteiger partial charge is 0.460 e. The van der Waals surface area contributed by atoms with E-state index in [2.05, 4.69) is 17.6 Å². The van der Waals surface area contributed by atoms with Crippen LogP contribution in [0.3, 0.4) is 0 Å². The second kappa shape index (κ2) is 5.90. The molecule has 2 N–H and O–H groups in total. The Labute approximate surface area is 124 Å². The van der Waals surface area contributed by atoms with Crippen LogP contribution in [0.15, 0.2) is 34.7 Å². The average molecular weight is 286 g/mol. The zero-order chi connectivity index (χ0) is 14.8. The Morgan fingerprint density at radius 1 is 1.43 bits per heavy atom. The van der Waals surface area contributed by atoms with Crippen LogP contribution < -0.4 is 10.6 Å². The molecule has 1 aliphatic rings. The van der Waals surface area contributed by atoms with E-state index in [0.717, 1.165) is 36.2 Å². The number of fused-ring (bicyclic) bond motifs is 1. The molecule has 21 heavy (non-hydrogen) atoms. The molecule has 3 rings (SSSR count). The van der Waals surface area contributed by atoms with Crippen LogP contribution in [0.25, 0.3) is 11.0 Å². The van der Waals surface area contributed by atoms with Gasteiger partial charge in [0.05, 0.1) is 5.92 Å². The number of hydrogen-bond donors (Lipinski definition) is 2. The van der Waals surface area contributed by atoms with Crippen LogP contribution in [0, 0.1) is 5.92 Å². The highest BCUT2D eigenvalue weighted by Crippen LogP contribution is 2.25. The molecule has 0 saturated carbocycles. The Hall–Kier alpha value is -1.81. The third-order valence-corrected chi connectivity index (χ3v) is 4.38. The molecule has 2 aromatic rings. The maximum absolute atomic E-state index is 12.4. The van der Waals surface area contributed by atoms with Gasteiger partial charge >= 0.3 is 0 Å². The highest BCUT2D eigenvalue weighted by Gasteiger charge is 2.26. The SMILES string of the molecule is CC(C(=O)NC1CCNCC1C)c1cc2ccccc2o1. The first-order chi connectivity index (χ1) is 10.1. The highest BCUT2D eigenvalue weighted by atomic mass is 16.3. The number of benzene rings is 1. The van der Waals surface area contributed by atoms with Crippen molar-refractivity contribution in [3.8, 4) is 0 Å². The Morgan fingerprint density at radius 2 is 2.24 bits per heavy atom. The molecule has 4 nitrogen and oxygen atoms in total. The minimum absolute atomic E-state index is 0.0489. The topological polar surface area (TPSA) is 54.3 Å². The molecule has 2 heterocycles. The maximum atomic E-state index is 12.4. The molecule has 1 saturated heterocycles. The normalized spacial score (nSPS) is 23.9. The van der Waals surface area contributed by atoms with Crippen LogP contribution in [0.4, 0.5) is 0 Å². The summed E-state index contributed by atoms with van der Waals surface area (Å²) in [4.78, 5) is 12.4. The summed E-state index contributed by atoms with van der Waals surface area (Å²) in [6.45, 7) is 6.00. The van der Waals surface area contributed by atoms with Crippen molar-refractivity contribution in [3.63, 3.8) is 0 Å². The van der Waals surface area contributed by atoms with E-state index in [1.54, 1.807) is 0 Å². The molecule has 0 aliphatic carbocycles. The Bertz CT molecular complexity index is 602. The van der Waals surface area contributed by atoms with E-state index in [4.69, 9.17) is 4.42 Å². The van der Waals surface area contributed by atoms with Crippen LogP contribution in [0.2, 0.25) is 0 Å². The van der Waals surface area contributed by atoms with Crippen molar-refractivity contribution in [2.45, 2.75) is 32.2 Å². The first-order valence-corrected chi connectivity index (χ1v) is 7.64. The molecule has 1 aromatic carbocycles. The predicted octanol–water partition coefficient (Wildman–Crippen LogP) is 2.65. The molecule has 112 valence electrons. The number of para-hydroxylation sites is 1. The maximum Gasteiger partial charge on any atom is 0.230 e. The van der Waals surface area contributed by atoms with E-state index in [0.29, 0.717) is 5.92 Å². The number of amides is 1. The van der Waals surface area contributed by atoms with Crippen molar-refractivity contribution < 1.29 is 9.21 Å². The number of furan rings is 1. The van der Waals surface area contributed by atoms with E-state index >= 15 is 0 Å². The van der Waals surface area contributed by atoms with Crippen molar-refractivity contribution in [2.75, 3.05) is 13.1 Å². The van der Waals surface area contributed by atoms with Gasteiger partial charge in [-0.1, -0.05) is 25.1 Å². The Morgan fingerprint density at radius 3 is 3.00 bits per heavy atom. The molecule has 3 unspecified atom stereocenters. The second-order valence-electron chi connectivity index (χ2n) is 5.99. The lowest BCUT2D eigenvalue weighted by Gasteiger charge is -2.30. The zero-order valence-corrected chi connectivity index (χ0v) is 12.6. The molecule has 1 amide bonds. The summed E-state index contributed by atoms with van der Waals surface area (Å²) in [7, 11) is 0. The third-order valence-electron chi connectivity index (χ3n) is 4.38. The summed E-state index contributed by atoms with van der Waals surface area (Å²) in [5, 5.41) is 7.56. The van der Waals surface area contributed by atoms with Gasteiger partial charge in [0.2, 0.25) is 5.91 Å². The fourth-order valence-corrected chi connectivity index (χ4v) is 2.88. The summed E-state index contributed by atoms with van der Waals surface area (Å²) < 4.78 is 5.79. The first-order valence-electron chi connectivity index (χ1n) is 7.64. The van der Waals surface area contributed by atoms with E-state index < -0.39 is 0 Å². The minimum Gasteiger partial charge on any atom is -0.460 e. The lowest BCUT2D eigenvalue weighted by molar-refractivity contribution is -0.123. The minimum atomic E-state index is -0.264. The summed E-state index contributed by atoms with van der Waals surface area (Å²) >= 11 is 0. The van der Waals surface area contributed by atoms with Crippen molar-refractivity contribution in [1.29, 1.82) is 0 Å². The lowest BCUT2D eigenvalue weighted by Crippen LogP contribution is -2.49. The summed E-state index contributed by atoms with van der Waals surface area (Å²) in [6.07, 6.45) is 0.986. The molecule has 1 aliphatic heterocycles. The van der Waals surface area contributed by atoms with Gasteiger partial charge in [-0.05, 0) is 44.5 Å². The number of carbonyl (C=O) groups excluding carboxylic acids is 1. The van der Waals surface area contributed by atoms with Gasteiger partial charge in [0.25, 0.3) is 0 Å². The van der Waals surface area contributed by atoms with Gasteiger partial charge in [-0.2, -0.15) is 0 Å². The summed E-state index contributed by atoms with van der Waals surface area (Å²) in [5.74, 6) is 0.980. The molecule has 0 spiro atoms. The van der Waals surface area contributed by atoms with Crippen molar-refractivity contribution in [1.82, 2.24) is 10.6 Å². The van der Waals surface area contributed by atoms with Crippen LogP contribution >= 0.6 is 0 Å². The molecule has 0 radical (unpaired) electrons. The lowest BCUT2D eigenvalue weighted by atomic mass is 9.94. The number of nitrogens with one attached hydrogen (secondary N) is 2. The molecular weight excluding hydrogens is 264 g/mol. The van der Waals surface area contributed by atoms with Gasteiger partial charge in [0.1, 0.15) is 11.3 Å². The predicted molar refractivity (Wildman–Crippen MR) is 83.2 cm³/mol. The van der Waals surface area contributed by atoms with Crippen molar-refractivity contribution in [2.24, 2.45) is 5.92 Å². The highest BCUT2D eigenvalue weighted by molar-refractivity contribution is 5.85. The molecule has 3 atom stereocenters. The van der Waals surface area contributed by atoms with E-state index in [-0.39, 0.29) is 17.9 Å². The molecule has 1 fully saturated rings. The molecule has 4 heteroatoms. The standard InChI is InChI=1S/C17H22N2O2/c1-11-10-18-8-7-14(11)19-17(20)12(2)16-9-13-5-3-4-6-15(13)21-16/h3-6,9,11-12,14,18H,7-8,10H2,1-2H3,(H,19,20). The van der Waals surface area contributed by atoms with Gasteiger partial charge in [-0.3, -0.25) is 4.79 Å². The number of carbonyl (C=O) groups is 1. The van der Waals surface area contributed by atoms with Crippen molar-refractivity contribution in [3.05, 3.63) is 36.1 Å². The first kappa shape index (κ1) is 14.1. The Balaban J connectivity index is 1.71. The van der Waals surface area contributed by atoms with E-state index in [1.807, 2.05) is 37.3 Å².